The Bertz CT molecular complexity index is 1190. The van der Waals surface area contributed by atoms with E-state index in [1.165, 1.54) is 52.5 Å². The molecule has 0 amide bonds. The van der Waals surface area contributed by atoms with E-state index in [4.69, 9.17) is 22.1 Å². The van der Waals surface area contributed by atoms with E-state index in [1.807, 2.05) is 31.2 Å². The van der Waals surface area contributed by atoms with Crippen molar-refractivity contribution in [1.82, 2.24) is 4.57 Å². The van der Waals surface area contributed by atoms with Gasteiger partial charge in [0.15, 0.2) is 0 Å². The van der Waals surface area contributed by atoms with Crippen LogP contribution in [0, 0.1) is 0 Å². The van der Waals surface area contributed by atoms with Crippen LogP contribution in [0.15, 0.2) is 66.7 Å². The molecule has 3 aromatic carbocycles. The first-order valence-electron chi connectivity index (χ1n) is 10.6. The Balaban J connectivity index is 1.85. The number of halogens is 1. The third-order valence-corrected chi connectivity index (χ3v) is 6.30. The molecule has 3 nitrogen and oxygen atoms in total. The zero-order valence-corrected chi connectivity index (χ0v) is 17.8. The molecule has 0 aliphatic heterocycles. The molecule has 0 bridgehead atoms. The summed E-state index contributed by atoms with van der Waals surface area (Å²) in [4.78, 5) is 0. The Morgan fingerprint density at radius 2 is 1.67 bits per heavy atom. The highest BCUT2D eigenvalue weighted by Gasteiger charge is 2.28. The lowest BCUT2D eigenvalue weighted by Crippen LogP contribution is -2.17. The molecular weight excluding hydrogens is 392 g/mol. The second-order valence-corrected chi connectivity index (χ2v) is 8.36. The lowest BCUT2D eigenvalue weighted by Gasteiger charge is -2.30. The Labute approximate surface area is 182 Å². The quantitative estimate of drug-likeness (QED) is 0.346. The molecule has 152 valence electrons. The summed E-state index contributed by atoms with van der Waals surface area (Å²) >= 11 is 6.20. The monoisotopic (exact) mass is 416 g/mol. The summed E-state index contributed by atoms with van der Waals surface area (Å²) in [6.45, 7) is 2.68. The maximum atomic E-state index is 6.20. The second-order valence-electron chi connectivity index (χ2n) is 7.92. The number of nitrogens with two attached hydrogens (primary N) is 1. The van der Waals surface area contributed by atoms with E-state index in [2.05, 4.69) is 47.0 Å². The van der Waals surface area contributed by atoms with Gasteiger partial charge in [-0.3, -0.25) is 0 Å². The second kappa shape index (κ2) is 7.73. The fourth-order valence-electron chi connectivity index (χ4n) is 4.40. The van der Waals surface area contributed by atoms with Crippen LogP contribution in [0.2, 0.25) is 5.02 Å². The van der Waals surface area contributed by atoms with Crippen LogP contribution >= 0.6 is 11.6 Å². The predicted molar refractivity (Wildman–Crippen MR) is 126 cm³/mol. The number of anilines is 1. The van der Waals surface area contributed by atoms with Gasteiger partial charge in [-0.2, -0.15) is 0 Å². The third kappa shape index (κ3) is 3.23. The van der Waals surface area contributed by atoms with E-state index in [1.54, 1.807) is 0 Å². The zero-order valence-electron chi connectivity index (χ0n) is 17.1. The number of aromatic nitrogens is 1. The first kappa shape index (κ1) is 19.1. The normalized spacial score (nSPS) is 14.1. The number of nitrogen functional groups attached to an aromatic ring is 1. The molecule has 1 aliphatic carbocycles. The average Bonchev–Trinajstić information content (AvgIpc) is 3.03. The highest BCUT2D eigenvalue weighted by molar-refractivity contribution is 6.30. The summed E-state index contributed by atoms with van der Waals surface area (Å²) < 4.78 is 8.37. The summed E-state index contributed by atoms with van der Waals surface area (Å²) in [6, 6.07) is 23.3. The van der Waals surface area contributed by atoms with Crippen LogP contribution in [-0.4, -0.2) is 11.2 Å². The van der Waals surface area contributed by atoms with Gasteiger partial charge in [0.25, 0.3) is 0 Å². The molecule has 1 aliphatic rings. The minimum Gasteiger partial charge on any atom is -0.494 e. The Hall–Kier alpha value is -2.91. The van der Waals surface area contributed by atoms with Crippen molar-refractivity contribution < 1.29 is 4.74 Å². The van der Waals surface area contributed by atoms with Crippen LogP contribution in [0.25, 0.3) is 33.3 Å². The molecular formula is C26H25ClN2O. The van der Waals surface area contributed by atoms with E-state index in [-0.39, 0.29) is 0 Å². The Kier molecular flexibility index (Phi) is 4.92. The van der Waals surface area contributed by atoms with Crippen molar-refractivity contribution in [2.45, 2.75) is 32.2 Å². The largest absolute Gasteiger partial charge is 0.494 e. The zero-order chi connectivity index (χ0) is 20.7. The van der Waals surface area contributed by atoms with E-state index in [9.17, 15) is 0 Å². The van der Waals surface area contributed by atoms with Crippen molar-refractivity contribution in [3.63, 3.8) is 0 Å². The van der Waals surface area contributed by atoms with Crippen molar-refractivity contribution in [2.75, 3.05) is 12.3 Å². The van der Waals surface area contributed by atoms with Crippen molar-refractivity contribution in [3.8, 4) is 28.1 Å². The van der Waals surface area contributed by atoms with Crippen LogP contribution in [-0.2, 0) is 0 Å². The number of ether oxygens (including phenoxy) is 1. The number of benzene rings is 3. The van der Waals surface area contributed by atoms with Crippen molar-refractivity contribution in [2.24, 2.45) is 0 Å². The standard InChI is InChI=1S/C26H25ClN2O/c1-2-30-22-14-15-23-24(16-22)29(21-4-3-5-21)26(18-8-12-20(28)13-9-18)25(23)17-6-10-19(27)11-7-17/h6-16,21H,2-5,28H2,1H3. The van der Waals surface area contributed by atoms with Crippen molar-refractivity contribution >= 4 is 28.2 Å². The van der Waals surface area contributed by atoms with Gasteiger partial charge in [-0.1, -0.05) is 35.9 Å². The molecule has 30 heavy (non-hydrogen) atoms. The summed E-state index contributed by atoms with van der Waals surface area (Å²) in [5, 5.41) is 1.98. The summed E-state index contributed by atoms with van der Waals surface area (Å²) in [5.41, 5.74) is 12.8. The first-order valence-corrected chi connectivity index (χ1v) is 11.0. The van der Waals surface area contributed by atoms with Crippen LogP contribution in [0.5, 0.6) is 5.75 Å². The Morgan fingerprint density at radius 1 is 0.967 bits per heavy atom. The van der Waals surface area contributed by atoms with Gasteiger partial charge in [0.1, 0.15) is 5.75 Å². The molecule has 1 saturated carbocycles. The van der Waals surface area contributed by atoms with E-state index >= 15 is 0 Å². The molecule has 1 heterocycles. The van der Waals surface area contributed by atoms with Gasteiger partial charge >= 0.3 is 0 Å². The highest BCUT2D eigenvalue weighted by Crippen LogP contribution is 2.47. The molecule has 1 aromatic heterocycles. The molecule has 5 rings (SSSR count). The highest BCUT2D eigenvalue weighted by atomic mass is 35.5. The maximum absolute atomic E-state index is 6.20. The van der Waals surface area contributed by atoms with Gasteiger partial charge in [0.05, 0.1) is 17.8 Å². The number of hydrogen-bond acceptors (Lipinski definition) is 2. The first-order chi connectivity index (χ1) is 14.7. The molecule has 0 saturated heterocycles. The number of hydrogen-bond donors (Lipinski definition) is 1. The number of nitrogens with zero attached hydrogens (tertiary/aromatic N) is 1. The lowest BCUT2D eigenvalue weighted by molar-refractivity contribution is 0.323. The average molecular weight is 417 g/mol. The SMILES string of the molecule is CCOc1ccc2c(-c3ccc(Cl)cc3)c(-c3ccc(N)cc3)n(C3CCC3)c2c1. The molecule has 4 aromatic rings. The van der Waals surface area contributed by atoms with Crippen LogP contribution < -0.4 is 10.5 Å². The Morgan fingerprint density at radius 3 is 2.30 bits per heavy atom. The van der Waals surface area contributed by atoms with E-state index < -0.39 is 0 Å². The molecule has 0 radical (unpaired) electrons. The van der Waals surface area contributed by atoms with Crippen LogP contribution in [0.1, 0.15) is 32.2 Å². The molecule has 0 spiro atoms. The predicted octanol–water partition coefficient (Wildman–Crippen LogP) is 7.33. The van der Waals surface area contributed by atoms with Gasteiger partial charge in [0, 0.05) is 33.8 Å². The maximum Gasteiger partial charge on any atom is 0.121 e. The summed E-state index contributed by atoms with van der Waals surface area (Å²) in [7, 11) is 0. The lowest BCUT2D eigenvalue weighted by atomic mass is 9.91. The minimum absolute atomic E-state index is 0.498. The van der Waals surface area contributed by atoms with Gasteiger partial charge in [-0.15, -0.1) is 0 Å². The molecule has 4 heteroatoms. The van der Waals surface area contributed by atoms with Crippen molar-refractivity contribution in [1.29, 1.82) is 0 Å². The summed E-state index contributed by atoms with van der Waals surface area (Å²) in [5.74, 6) is 0.912. The van der Waals surface area contributed by atoms with Crippen LogP contribution in [0.4, 0.5) is 5.69 Å². The smallest absolute Gasteiger partial charge is 0.121 e. The third-order valence-electron chi connectivity index (χ3n) is 6.04. The van der Waals surface area contributed by atoms with Gasteiger partial charge in [0.2, 0.25) is 0 Å². The van der Waals surface area contributed by atoms with Crippen molar-refractivity contribution in [3.05, 3.63) is 71.8 Å². The van der Waals surface area contributed by atoms with E-state index in [0.29, 0.717) is 12.6 Å². The van der Waals surface area contributed by atoms with Gasteiger partial charge < -0.3 is 15.0 Å². The molecule has 0 atom stereocenters. The number of rotatable bonds is 5. The topological polar surface area (TPSA) is 40.2 Å². The van der Waals surface area contributed by atoms with Crippen LogP contribution in [0.3, 0.4) is 0 Å². The summed E-state index contributed by atoms with van der Waals surface area (Å²) in [6.07, 6.45) is 3.67. The fraction of sp³-hybridized carbons (Fsp3) is 0.231. The molecule has 1 fully saturated rings. The molecule has 2 N–H and O–H groups in total. The number of fused-ring (bicyclic) bond motifs is 1. The van der Waals surface area contributed by atoms with E-state index in [0.717, 1.165) is 16.5 Å². The van der Waals surface area contributed by atoms with Gasteiger partial charge in [-0.25, -0.2) is 0 Å². The fourth-order valence-corrected chi connectivity index (χ4v) is 4.53. The van der Waals surface area contributed by atoms with Gasteiger partial charge in [-0.05, 0) is 73.7 Å². The minimum atomic E-state index is 0.498. The molecule has 0 unspecified atom stereocenters.